The summed E-state index contributed by atoms with van der Waals surface area (Å²) in [5.41, 5.74) is 1.80. The number of hydrogen-bond donors (Lipinski definition) is 0. The quantitative estimate of drug-likeness (QED) is 0.752. The van der Waals surface area contributed by atoms with Crippen LogP contribution in [-0.4, -0.2) is 63.0 Å². The van der Waals surface area contributed by atoms with Crippen LogP contribution >= 0.6 is 0 Å². The Morgan fingerprint density at radius 1 is 1.03 bits per heavy atom. The average molecular weight is 393 g/mol. The van der Waals surface area contributed by atoms with Crippen LogP contribution in [0.25, 0.3) is 5.57 Å². The molecular formula is C23H23NO5. The summed E-state index contributed by atoms with van der Waals surface area (Å²) in [6, 6.07) is 12.3. The van der Waals surface area contributed by atoms with Gasteiger partial charge in [-0.25, -0.2) is 0 Å². The summed E-state index contributed by atoms with van der Waals surface area (Å²) in [6.45, 7) is 4.41. The van der Waals surface area contributed by atoms with Gasteiger partial charge in [-0.15, -0.1) is 0 Å². The fourth-order valence-electron chi connectivity index (χ4n) is 3.60. The molecule has 0 spiro atoms. The standard InChI is InChI=1S/C23H23NO5/c1-27-17-7-5-16(6-8-17)19-15-20(25)22-18(23(19)26)3-2-4-21(22)29-14-11-24-9-12-28-13-10-24/h2-8,15H,9-14H2,1H3. The monoisotopic (exact) mass is 393 g/mol. The van der Waals surface area contributed by atoms with Crippen molar-refractivity contribution in [3.63, 3.8) is 0 Å². The molecule has 1 fully saturated rings. The van der Waals surface area contributed by atoms with E-state index in [0.29, 0.717) is 40.4 Å². The number of hydrogen-bond acceptors (Lipinski definition) is 6. The maximum absolute atomic E-state index is 13.1. The first-order chi connectivity index (χ1) is 14.2. The third-order valence-corrected chi connectivity index (χ3v) is 5.21. The van der Waals surface area contributed by atoms with Crippen LogP contribution in [-0.2, 0) is 4.74 Å². The number of rotatable bonds is 6. The van der Waals surface area contributed by atoms with Crippen molar-refractivity contribution in [2.24, 2.45) is 0 Å². The van der Waals surface area contributed by atoms with Crippen LogP contribution < -0.4 is 9.47 Å². The van der Waals surface area contributed by atoms with E-state index in [0.717, 1.165) is 32.8 Å². The molecule has 0 aromatic heterocycles. The van der Waals surface area contributed by atoms with Crippen LogP contribution in [0.2, 0.25) is 0 Å². The lowest BCUT2D eigenvalue weighted by molar-refractivity contribution is 0.0322. The number of nitrogens with zero attached hydrogens (tertiary/aromatic N) is 1. The lowest BCUT2D eigenvalue weighted by Crippen LogP contribution is -2.38. The van der Waals surface area contributed by atoms with Gasteiger partial charge in [0, 0.05) is 30.8 Å². The number of ether oxygens (including phenoxy) is 3. The number of fused-ring (bicyclic) bond motifs is 1. The normalized spacial score (nSPS) is 16.9. The summed E-state index contributed by atoms with van der Waals surface area (Å²) in [5.74, 6) is 0.759. The number of methoxy groups -OCH3 is 1. The highest BCUT2D eigenvalue weighted by Crippen LogP contribution is 2.33. The van der Waals surface area contributed by atoms with Crippen LogP contribution in [0.15, 0.2) is 48.5 Å². The molecule has 150 valence electrons. The highest BCUT2D eigenvalue weighted by Gasteiger charge is 2.29. The predicted octanol–water partition coefficient (Wildman–Crippen LogP) is 2.87. The SMILES string of the molecule is COc1ccc(C2=CC(=O)c3c(OCCN4CCOCC4)cccc3C2=O)cc1. The fraction of sp³-hybridized carbons (Fsp3) is 0.304. The molecule has 0 unspecified atom stereocenters. The Labute approximate surface area is 169 Å². The number of Topliss-reactive ketones (excluding diaryl/α,β-unsaturated/α-hetero) is 1. The van der Waals surface area contributed by atoms with Crippen molar-refractivity contribution in [3.8, 4) is 11.5 Å². The molecule has 2 aromatic rings. The molecule has 4 rings (SSSR count). The minimum Gasteiger partial charge on any atom is -0.497 e. The minimum absolute atomic E-state index is 0.177. The summed E-state index contributed by atoms with van der Waals surface area (Å²) >= 11 is 0. The predicted molar refractivity (Wildman–Crippen MR) is 109 cm³/mol. The molecule has 0 atom stereocenters. The van der Waals surface area contributed by atoms with Crippen molar-refractivity contribution in [3.05, 3.63) is 65.2 Å². The molecule has 2 aliphatic rings. The first-order valence-corrected chi connectivity index (χ1v) is 9.68. The number of ketones is 2. The fourth-order valence-corrected chi connectivity index (χ4v) is 3.60. The van der Waals surface area contributed by atoms with Crippen molar-refractivity contribution in [1.29, 1.82) is 0 Å². The zero-order valence-electron chi connectivity index (χ0n) is 16.3. The van der Waals surface area contributed by atoms with Gasteiger partial charge in [0.05, 0.1) is 25.9 Å². The van der Waals surface area contributed by atoms with Gasteiger partial charge >= 0.3 is 0 Å². The van der Waals surface area contributed by atoms with E-state index in [1.165, 1.54) is 6.08 Å². The van der Waals surface area contributed by atoms with Crippen LogP contribution in [0.1, 0.15) is 26.3 Å². The lowest BCUT2D eigenvalue weighted by Gasteiger charge is -2.26. The smallest absolute Gasteiger partial charge is 0.194 e. The molecule has 0 bridgehead atoms. The molecule has 6 nitrogen and oxygen atoms in total. The third kappa shape index (κ3) is 4.09. The van der Waals surface area contributed by atoms with E-state index < -0.39 is 0 Å². The summed E-state index contributed by atoms with van der Waals surface area (Å²) < 4.78 is 16.4. The summed E-state index contributed by atoms with van der Waals surface area (Å²) in [7, 11) is 1.58. The van der Waals surface area contributed by atoms with Gasteiger partial charge in [-0.1, -0.05) is 24.3 Å². The number of allylic oxidation sites excluding steroid dienone is 2. The molecule has 1 aliphatic heterocycles. The average Bonchev–Trinajstić information content (AvgIpc) is 2.77. The van der Waals surface area contributed by atoms with E-state index in [4.69, 9.17) is 14.2 Å². The molecule has 1 saturated heterocycles. The number of benzene rings is 2. The van der Waals surface area contributed by atoms with Gasteiger partial charge in [0.15, 0.2) is 11.6 Å². The first-order valence-electron chi connectivity index (χ1n) is 9.68. The third-order valence-electron chi connectivity index (χ3n) is 5.21. The first kappa shape index (κ1) is 19.4. The second kappa shape index (κ2) is 8.59. The van der Waals surface area contributed by atoms with Crippen LogP contribution in [0.5, 0.6) is 11.5 Å². The Morgan fingerprint density at radius 3 is 2.52 bits per heavy atom. The molecule has 6 heteroatoms. The summed E-state index contributed by atoms with van der Waals surface area (Å²) in [4.78, 5) is 28.2. The number of morpholine rings is 1. The van der Waals surface area contributed by atoms with Crippen molar-refractivity contribution in [2.75, 3.05) is 46.6 Å². The van der Waals surface area contributed by atoms with E-state index >= 15 is 0 Å². The zero-order chi connectivity index (χ0) is 20.2. The Hall–Kier alpha value is -2.96. The van der Waals surface area contributed by atoms with E-state index in [1.807, 2.05) is 0 Å². The Kier molecular flexibility index (Phi) is 5.74. The Morgan fingerprint density at radius 2 is 1.79 bits per heavy atom. The Balaban J connectivity index is 1.53. The van der Waals surface area contributed by atoms with Crippen molar-refractivity contribution in [1.82, 2.24) is 4.90 Å². The summed E-state index contributed by atoms with van der Waals surface area (Å²) in [6.07, 6.45) is 1.40. The summed E-state index contributed by atoms with van der Waals surface area (Å²) in [5, 5.41) is 0. The number of carbonyl (C=O) groups excluding carboxylic acids is 2. The van der Waals surface area contributed by atoms with Crippen molar-refractivity contribution in [2.45, 2.75) is 0 Å². The molecule has 2 aromatic carbocycles. The topological polar surface area (TPSA) is 65.1 Å². The van der Waals surface area contributed by atoms with Crippen molar-refractivity contribution >= 4 is 17.1 Å². The van der Waals surface area contributed by atoms with E-state index in [9.17, 15) is 9.59 Å². The molecule has 0 radical (unpaired) electrons. The molecule has 1 aliphatic carbocycles. The molecular weight excluding hydrogens is 370 g/mol. The second-order valence-corrected chi connectivity index (χ2v) is 6.96. The van der Waals surface area contributed by atoms with Crippen LogP contribution in [0.4, 0.5) is 0 Å². The van der Waals surface area contributed by atoms with Gasteiger partial charge in [0.2, 0.25) is 0 Å². The molecule has 1 heterocycles. The molecule has 29 heavy (non-hydrogen) atoms. The van der Waals surface area contributed by atoms with E-state index in [-0.39, 0.29) is 11.6 Å². The second-order valence-electron chi connectivity index (χ2n) is 6.96. The maximum Gasteiger partial charge on any atom is 0.194 e. The van der Waals surface area contributed by atoms with Crippen LogP contribution in [0.3, 0.4) is 0 Å². The molecule has 0 N–H and O–H groups in total. The van der Waals surface area contributed by atoms with Gasteiger partial charge < -0.3 is 14.2 Å². The van der Waals surface area contributed by atoms with Gasteiger partial charge in [-0.3, -0.25) is 14.5 Å². The minimum atomic E-state index is -0.215. The zero-order valence-corrected chi connectivity index (χ0v) is 16.3. The van der Waals surface area contributed by atoms with E-state index in [2.05, 4.69) is 4.90 Å². The molecule has 0 amide bonds. The number of carbonyl (C=O) groups is 2. The maximum atomic E-state index is 13.1. The highest BCUT2D eigenvalue weighted by molar-refractivity contribution is 6.39. The van der Waals surface area contributed by atoms with Crippen molar-refractivity contribution < 1.29 is 23.8 Å². The lowest BCUT2D eigenvalue weighted by atomic mass is 9.86. The molecule has 0 saturated carbocycles. The van der Waals surface area contributed by atoms with E-state index in [1.54, 1.807) is 49.6 Å². The van der Waals surface area contributed by atoms with Gasteiger partial charge in [0.1, 0.15) is 18.1 Å². The van der Waals surface area contributed by atoms with Gasteiger partial charge in [0.25, 0.3) is 0 Å². The van der Waals surface area contributed by atoms with Gasteiger partial charge in [-0.2, -0.15) is 0 Å². The Bertz CT molecular complexity index is 942. The highest BCUT2D eigenvalue weighted by atomic mass is 16.5. The van der Waals surface area contributed by atoms with Crippen LogP contribution in [0, 0.1) is 0 Å². The largest absolute Gasteiger partial charge is 0.497 e. The van der Waals surface area contributed by atoms with Gasteiger partial charge in [-0.05, 0) is 29.8 Å².